The summed E-state index contributed by atoms with van der Waals surface area (Å²) in [6.45, 7) is 5.74. The molecule has 1 aliphatic heterocycles. The quantitative estimate of drug-likeness (QED) is 0.477. The number of esters is 1. The number of ether oxygens (including phenoxy) is 1. The highest BCUT2D eigenvalue weighted by Crippen LogP contribution is 2.16. The molecule has 1 amide bonds. The Morgan fingerprint density at radius 3 is 2.17 bits per heavy atom. The molecule has 1 heterocycles. The van der Waals surface area contributed by atoms with Crippen LogP contribution in [0.1, 0.15) is 71.7 Å². The first-order chi connectivity index (χ1) is 14.7. The van der Waals surface area contributed by atoms with Gasteiger partial charge in [0.25, 0.3) is 5.91 Å². The zero-order valence-electron chi connectivity index (χ0n) is 17.9. The molecule has 0 radical (unpaired) electrons. The van der Waals surface area contributed by atoms with Crippen LogP contribution in [0.15, 0.2) is 48.5 Å². The predicted octanol–water partition coefficient (Wildman–Crippen LogP) is 5.27. The lowest BCUT2D eigenvalue weighted by molar-refractivity contribution is 0.0499. The van der Waals surface area contributed by atoms with Gasteiger partial charge in [0.1, 0.15) is 0 Å². The molecule has 0 spiro atoms. The number of rotatable bonds is 8. The van der Waals surface area contributed by atoms with E-state index in [1.807, 2.05) is 24.3 Å². The van der Waals surface area contributed by atoms with Crippen LogP contribution in [0.25, 0.3) is 0 Å². The summed E-state index contributed by atoms with van der Waals surface area (Å²) >= 11 is 0. The number of unbranched alkanes of at least 4 members (excludes halogenated alkanes) is 1. The molecule has 0 saturated carbocycles. The summed E-state index contributed by atoms with van der Waals surface area (Å²) in [6.07, 6.45) is 7.05. The van der Waals surface area contributed by atoms with Gasteiger partial charge in [-0.25, -0.2) is 4.79 Å². The number of nitrogens with one attached hydrogen (secondary N) is 1. The van der Waals surface area contributed by atoms with Crippen molar-refractivity contribution in [1.82, 2.24) is 4.90 Å². The number of benzene rings is 2. The first kappa shape index (κ1) is 22.0. The maximum atomic E-state index is 12.5. The van der Waals surface area contributed by atoms with Crippen molar-refractivity contribution in [2.24, 2.45) is 0 Å². The minimum atomic E-state index is -0.332. The standard InChI is InChI=1S/C25H32N2O3/c1-2-3-18-30-25(29)22-12-14-23(15-13-22)26-24(28)21-10-8-20(9-11-21)19-27-16-6-4-5-7-17-27/h8-15H,2-7,16-19H2,1H3,(H,26,28). The van der Waals surface area contributed by atoms with Crippen LogP contribution in [0.3, 0.4) is 0 Å². The number of carbonyl (C=O) groups is 2. The van der Waals surface area contributed by atoms with Crippen LogP contribution in [-0.4, -0.2) is 36.5 Å². The summed E-state index contributed by atoms with van der Waals surface area (Å²) in [7, 11) is 0. The summed E-state index contributed by atoms with van der Waals surface area (Å²) in [4.78, 5) is 27.0. The number of amides is 1. The minimum Gasteiger partial charge on any atom is -0.462 e. The molecular weight excluding hydrogens is 376 g/mol. The van der Waals surface area contributed by atoms with E-state index in [1.165, 1.54) is 31.2 Å². The number of carbonyl (C=O) groups excluding carboxylic acids is 2. The first-order valence-electron chi connectivity index (χ1n) is 11.1. The number of likely N-dealkylation sites (tertiary alicyclic amines) is 1. The smallest absolute Gasteiger partial charge is 0.338 e. The molecule has 1 saturated heterocycles. The fourth-order valence-electron chi connectivity index (χ4n) is 3.60. The molecule has 1 aliphatic rings. The highest BCUT2D eigenvalue weighted by Gasteiger charge is 2.11. The summed E-state index contributed by atoms with van der Waals surface area (Å²) in [5.41, 5.74) is 3.00. The van der Waals surface area contributed by atoms with Gasteiger partial charge < -0.3 is 10.1 Å². The number of hydrogen-bond acceptors (Lipinski definition) is 4. The zero-order chi connectivity index (χ0) is 21.2. The molecule has 160 valence electrons. The van der Waals surface area contributed by atoms with E-state index in [1.54, 1.807) is 24.3 Å². The SMILES string of the molecule is CCCCOC(=O)c1ccc(NC(=O)c2ccc(CN3CCCCCC3)cc2)cc1. The number of anilines is 1. The minimum absolute atomic E-state index is 0.158. The maximum Gasteiger partial charge on any atom is 0.338 e. The van der Waals surface area contributed by atoms with Crippen molar-refractivity contribution in [1.29, 1.82) is 0 Å². The van der Waals surface area contributed by atoms with E-state index in [4.69, 9.17) is 4.74 Å². The van der Waals surface area contributed by atoms with Crippen molar-refractivity contribution >= 4 is 17.6 Å². The van der Waals surface area contributed by atoms with E-state index < -0.39 is 0 Å². The topological polar surface area (TPSA) is 58.6 Å². The Morgan fingerprint density at radius 1 is 0.900 bits per heavy atom. The number of hydrogen-bond donors (Lipinski definition) is 1. The van der Waals surface area contributed by atoms with Gasteiger partial charge in [0.2, 0.25) is 0 Å². The van der Waals surface area contributed by atoms with E-state index in [0.29, 0.717) is 23.4 Å². The maximum absolute atomic E-state index is 12.5. The molecule has 2 aromatic rings. The van der Waals surface area contributed by atoms with Crippen molar-refractivity contribution in [2.45, 2.75) is 52.0 Å². The Hall–Kier alpha value is -2.66. The number of nitrogens with zero attached hydrogens (tertiary/aromatic N) is 1. The van der Waals surface area contributed by atoms with Gasteiger partial charge in [0, 0.05) is 17.8 Å². The molecule has 30 heavy (non-hydrogen) atoms. The molecule has 0 bridgehead atoms. The molecule has 3 rings (SSSR count). The Labute approximate surface area is 179 Å². The highest BCUT2D eigenvalue weighted by molar-refractivity contribution is 6.04. The lowest BCUT2D eigenvalue weighted by Gasteiger charge is -2.19. The van der Waals surface area contributed by atoms with Gasteiger partial charge >= 0.3 is 5.97 Å². The summed E-state index contributed by atoms with van der Waals surface area (Å²) in [6, 6.07) is 14.6. The van der Waals surface area contributed by atoms with Crippen LogP contribution in [0.5, 0.6) is 0 Å². The van der Waals surface area contributed by atoms with Gasteiger partial charge in [0.05, 0.1) is 12.2 Å². The lowest BCUT2D eigenvalue weighted by Crippen LogP contribution is -2.24. The highest BCUT2D eigenvalue weighted by atomic mass is 16.5. The van der Waals surface area contributed by atoms with Crippen LogP contribution < -0.4 is 5.32 Å². The molecule has 0 aromatic heterocycles. The second-order valence-electron chi connectivity index (χ2n) is 7.91. The van der Waals surface area contributed by atoms with Crippen molar-refractivity contribution in [3.05, 3.63) is 65.2 Å². The van der Waals surface area contributed by atoms with Gasteiger partial charge in [-0.1, -0.05) is 38.3 Å². The molecule has 0 unspecified atom stereocenters. The van der Waals surface area contributed by atoms with Crippen LogP contribution in [0, 0.1) is 0 Å². The fraction of sp³-hybridized carbons (Fsp3) is 0.440. The lowest BCUT2D eigenvalue weighted by atomic mass is 10.1. The van der Waals surface area contributed by atoms with E-state index in [-0.39, 0.29) is 11.9 Å². The molecule has 2 aromatic carbocycles. The third-order valence-corrected chi connectivity index (χ3v) is 5.43. The predicted molar refractivity (Wildman–Crippen MR) is 120 cm³/mol. The molecule has 1 N–H and O–H groups in total. The monoisotopic (exact) mass is 408 g/mol. The summed E-state index contributed by atoms with van der Waals surface area (Å²) < 4.78 is 5.20. The van der Waals surface area contributed by atoms with E-state index >= 15 is 0 Å². The van der Waals surface area contributed by atoms with Crippen molar-refractivity contribution < 1.29 is 14.3 Å². The first-order valence-corrected chi connectivity index (χ1v) is 11.1. The van der Waals surface area contributed by atoms with Gasteiger partial charge in [0.15, 0.2) is 0 Å². The molecule has 1 fully saturated rings. The van der Waals surface area contributed by atoms with Crippen LogP contribution >= 0.6 is 0 Å². The van der Waals surface area contributed by atoms with Gasteiger partial charge in [-0.2, -0.15) is 0 Å². The van der Waals surface area contributed by atoms with E-state index in [0.717, 1.165) is 32.5 Å². The molecule has 5 heteroatoms. The second kappa shape index (κ2) is 11.5. The Morgan fingerprint density at radius 2 is 1.53 bits per heavy atom. The largest absolute Gasteiger partial charge is 0.462 e. The van der Waals surface area contributed by atoms with Gasteiger partial charge in [-0.05, 0) is 74.3 Å². The Bertz CT molecular complexity index is 807. The average molecular weight is 409 g/mol. The molecule has 0 aliphatic carbocycles. The van der Waals surface area contributed by atoms with Crippen molar-refractivity contribution in [3.63, 3.8) is 0 Å². The van der Waals surface area contributed by atoms with Crippen molar-refractivity contribution in [3.8, 4) is 0 Å². The van der Waals surface area contributed by atoms with E-state index in [2.05, 4.69) is 17.1 Å². The third kappa shape index (κ3) is 6.70. The van der Waals surface area contributed by atoms with Gasteiger partial charge in [-0.3, -0.25) is 9.69 Å². The normalized spacial score (nSPS) is 14.7. The second-order valence-corrected chi connectivity index (χ2v) is 7.91. The van der Waals surface area contributed by atoms with E-state index in [9.17, 15) is 9.59 Å². The van der Waals surface area contributed by atoms with Crippen LogP contribution in [0.4, 0.5) is 5.69 Å². The third-order valence-electron chi connectivity index (χ3n) is 5.43. The molecule has 0 atom stereocenters. The average Bonchev–Trinajstić information content (AvgIpc) is 3.03. The fourth-order valence-corrected chi connectivity index (χ4v) is 3.60. The zero-order valence-corrected chi connectivity index (χ0v) is 17.9. The van der Waals surface area contributed by atoms with Crippen LogP contribution in [0.2, 0.25) is 0 Å². The van der Waals surface area contributed by atoms with Crippen molar-refractivity contribution in [2.75, 3.05) is 25.0 Å². The van der Waals surface area contributed by atoms with Gasteiger partial charge in [-0.15, -0.1) is 0 Å². The Balaban J connectivity index is 1.52. The Kier molecular flexibility index (Phi) is 8.45. The summed E-state index contributed by atoms with van der Waals surface area (Å²) in [5.74, 6) is -0.490. The van der Waals surface area contributed by atoms with Crippen LogP contribution in [-0.2, 0) is 11.3 Å². The molecule has 5 nitrogen and oxygen atoms in total. The molecular formula is C25H32N2O3. The summed E-state index contributed by atoms with van der Waals surface area (Å²) in [5, 5.41) is 2.88.